The Morgan fingerprint density at radius 3 is 2.72 bits per heavy atom. The molecule has 1 aromatic carbocycles. The highest BCUT2D eigenvalue weighted by molar-refractivity contribution is 5.80. The summed E-state index contributed by atoms with van der Waals surface area (Å²) in [5, 5.41) is 14.3. The molecule has 1 aliphatic carbocycles. The molecule has 2 heterocycles. The third kappa shape index (κ3) is 2.97. The standard InChI is InChI=1S/C19H24N4O2/c1-21-17-12-14(6-7-15(17)13-20-21)19(25)23-10-8-22(9-11-23)16-4-2-3-5-18(16)24/h2-5,13-14,24H,6-12H2,1H3. The molecule has 1 saturated heterocycles. The Labute approximate surface area is 147 Å². The van der Waals surface area contributed by atoms with Crippen molar-refractivity contribution in [2.24, 2.45) is 13.0 Å². The summed E-state index contributed by atoms with van der Waals surface area (Å²) in [6.45, 7) is 2.93. The van der Waals surface area contributed by atoms with Crippen molar-refractivity contribution < 1.29 is 9.90 Å². The summed E-state index contributed by atoms with van der Waals surface area (Å²) in [5.74, 6) is 0.640. The fourth-order valence-electron chi connectivity index (χ4n) is 4.01. The van der Waals surface area contributed by atoms with E-state index in [0.29, 0.717) is 18.8 Å². The largest absolute Gasteiger partial charge is 0.506 e. The minimum atomic E-state index is 0.0691. The lowest BCUT2D eigenvalue weighted by atomic mass is 9.87. The zero-order valence-electron chi connectivity index (χ0n) is 14.6. The Bertz CT molecular complexity index is 777. The van der Waals surface area contributed by atoms with Crippen LogP contribution in [-0.4, -0.2) is 51.9 Å². The highest BCUT2D eigenvalue weighted by Crippen LogP contribution is 2.29. The van der Waals surface area contributed by atoms with E-state index in [0.717, 1.165) is 38.0 Å². The number of hydrogen-bond acceptors (Lipinski definition) is 4. The van der Waals surface area contributed by atoms with E-state index in [1.165, 1.54) is 11.3 Å². The van der Waals surface area contributed by atoms with E-state index in [-0.39, 0.29) is 11.8 Å². The summed E-state index contributed by atoms with van der Waals surface area (Å²) in [5.41, 5.74) is 3.35. The van der Waals surface area contributed by atoms with Gasteiger partial charge in [-0.2, -0.15) is 5.10 Å². The van der Waals surface area contributed by atoms with E-state index >= 15 is 0 Å². The van der Waals surface area contributed by atoms with Gasteiger partial charge in [-0.1, -0.05) is 12.1 Å². The number of nitrogens with zero attached hydrogens (tertiary/aromatic N) is 4. The van der Waals surface area contributed by atoms with E-state index in [4.69, 9.17) is 0 Å². The first kappa shape index (κ1) is 16.0. The van der Waals surface area contributed by atoms with E-state index in [1.807, 2.05) is 41.0 Å². The van der Waals surface area contributed by atoms with Gasteiger partial charge >= 0.3 is 0 Å². The third-order valence-electron chi connectivity index (χ3n) is 5.51. The van der Waals surface area contributed by atoms with Gasteiger partial charge in [0.15, 0.2) is 0 Å². The lowest BCUT2D eigenvalue weighted by Gasteiger charge is -2.38. The van der Waals surface area contributed by atoms with Crippen LogP contribution in [0.1, 0.15) is 17.7 Å². The van der Waals surface area contributed by atoms with Gasteiger partial charge in [0.2, 0.25) is 5.91 Å². The normalized spacial score (nSPS) is 20.4. The number of phenols is 1. The number of aromatic hydroxyl groups is 1. The molecule has 1 N–H and O–H groups in total. The molecule has 1 unspecified atom stereocenters. The van der Waals surface area contributed by atoms with E-state index < -0.39 is 0 Å². The van der Waals surface area contributed by atoms with E-state index in [2.05, 4.69) is 10.00 Å². The van der Waals surface area contributed by atoms with Crippen LogP contribution in [0.25, 0.3) is 0 Å². The monoisotopic (exact) mass is 340 g/mol. The van der Waals surface area contributed by atoms with Gasteiger partial charge in [0.1, 0.15) is 5.75 Å². The predicted octanol–water partition coefficient (Wildman–Crippen LogP) is 1.58. The van der Waals surface area contributed by atoms with Crippen LogP contribution in [0.15, 0.2) is 30.5 Å². The van der Waals surface area contributed by atoms with Crippen LogP contribution in [0.4, 0.5) is 5.69 Å². The summed E-state index contributed by atoms with van der Waals surface area (Å²) in [6, 6.07) is 7.40. The van der Waals surface area contributed by atoms with Crippen molar-refractivity contribution in [3.05, 3.63) is 41.7 Å². The molecular weight excluding hydrogens is 316 g/mol. The number of rotatable bonds is 2. The maximum atomic E-state index is 12.9. The Balaban J connectivity index is 1.39. The van der Waals surface area contributed by atoms with Crippen LogP contribution in [0, 0.1) is 5.92 Å². The molecule has 132 valence electrons. The molecular formula is C19H24N4O2. The zero-order chi connectivity index (χ0) is 17.4. The Hall–Kier alpha value is -2.50. The second-order valence-corrected chi connectivity index (χ2v) is 6.98. The van der Waals surface area contributed by atoms with Gasteiger partial charge in [-0.05, 0) is 30.5 Å². The topological polar surface area (TPSA) is 61.6 Å². The minimum absolute atomic E-state index is 0.0691. The van der Waals surface area contributed by atoms with Gasteiger partial charge in [0.25, 0.3) is 0 Å². The van der Waals surface area contributed by atoms with Crippen LogP contribution in [0.5, 0.6) is 5.75 Å². The van der Waals surface area contributed by atoms with Crippen molar-refractivity contribution in [1.82, 2.24) is 14.7 Å². The van der Waals surface area contributed by atoms with Crippen molar-refractivity contribution in [2.75, 3.05) is 31.1 Å². The number of anilines is 1. The van der Waals surface area contributed by atoms with Crippen molar-refractivity contribution >= 4 is 11.6 Å². The lowest BCUT2D eigenvalue weighted by Crippen LogP contribution is -2.51. The third-order valence-corrected chi connectivity index (χ3v) is 5.51. The van der Waals surface area contributed by atoms with Crippen LogP contribution < -0.4 is 4.90 Å². The Morgan fingerprint density at radius 2 is 1.96 bits per heavy atom. The number of carbonyl (C=O) groups is 1. The minimum Gasteiger partial charge on any atom is -0.506 e. The molecule has 4 rings (SSSR count). The highest BCUT2D eigenvalue weighted by Gasteiger charge is 2.31. The van der Waals surface area contributed by atoms with Crippen molar-refractivity contribution in [2.45, 2.75) is 19.3 Å². The molecule has 0 spiro atoms. The van der Waals surface area contributed by atoms with Gasteiger partial charge in [-0.3, -0.25) is 9.48 Å². The van der Waals surface area contributed by atoms with Crippen LogP contribution in [-0.2, 0) is 24.7 Å². The second-order valence-electron chi connectivity index (χ2n) is 6.98. The van der Waals surface area contributed by atoms with Crippen LogP contribution >= 0.6 is 0 Å². The average molecular weight is 340 g/mol. The van der Waals surface area contributed by atoms with E-state index in [1.54, 1.807) is 6.07 Å². The van der Waals surface area contributed by atoms with E-state index in [9.17, 15) is 9.90 Å². The number of fused-ring (bicyclic) bond motifs is 1. The highest BCUT2D eigenvalue weighted by atomic mass is 16.3. The molecule has 1 atom stereocenters. The number of carbonyl (C=O) groups excluding carboxylic acids is 1. The number of benzene rings is 1. The number of piperazine rings is 1. The maximum absolute atomic E-state index is 12.9. The fourth-order valence-corrected chi connectivity index (χ4v) is 4.01. The number of aromatic nitrogens is 2. The van der Waals surface area contributed by atoms with Crippen molar-refractivity contribution in [3.63, 3.8) is 0 Å². The number of aryl methyl sites for hydroxylation is 2. The van der Waals surface area contributed by atoms with Crippen molar-refractivity contribution in [1.29, 1.82) is 0 Å². The molecule has 6 nitrogen and oxygen atoms in total. The quantitative estimate of drug-likeness (QED) is 0.902. The van der Waals surface area contributed by atoms with Gasteiger partial charge in [-0.25, -0.2) is 0 Å². The van der Waals surface area contributed by atoms with Gasteiger partial charge in [0.05, 0.1) is 11.9 Å². The molecule has 1 fully saturated rings. The molecule has 0 radical (unpaired) electrons. The number of hydrogen-bond donors (Lipinski definition) is 1. The molecule has 1 amide bonds. The number of phenolic OH excluding ortho intramolecular Hbond substituents is 1. The first-order chi connectivity index (χ1) is 12.1. The van der Waals surface area contributed by atoms with Crippen molar-refractivity contribution in [3.8, 4) is 5.75 Å². The second kappa shape index (κ2) is 6.43. The fraction of sp³-hybridized carbons (Fsp3) is 0.474. The summed E-state index contributed by atoms with van der Waals surface area (Å²) >= 11 is 0. The summed E-state index contributed by atoms with van der Waals surface area (Å²) in [6.07, 6.45) is 4.58. The Morgan fingerprint density at radius 1 is 1.20 bits per heavy atom. The van der Waals surface area contributed by atoms with Gasteiger partial charge in [0, 0.05) is 51.3 Å². The first-order valence-electron chi connectivity index (χ1n) is 8.95. The summed E-state index contributed by atoms with van der Waals surface area (Å²) in [7, 11) is 1.96. The molecule has 0 saturated carbocycles. The molecule has 25 heavy (non-hydrogen) atoms. The molecule has 2 aromatic rings. The number of amides is 1. The summed E-state index contributed by atoms with van der Waals surface area (Å²) in [4.78, 5) is 17.1. The molecule has 0 bridgehead atoms. The molecule has 1 aromatic heterocycles. The SMILES string of the molecule is Cn1ncc2c1CC(C(=O)N1CCN(c3ccccc3O)CC1)CC2. The van der Waals surface area contributed by atoms with Crippen LogP contribution in [0.3, 0.4) is 0 Å². The van der Waals surface area contributed by atoms with Gasteiger partial charge < -0.3 is 14.9 Å². The molecule has 6 heteroatoms. The first-order valence-corrected chi connectivity index (χ1v) is 8.95. The Kier molecular flexibility index (Phi) is 4.11. The maximum Gasteiger partial charge on any atom is 0.226 e. The molecule has 2 aliphatic rings. The summed E-state index contributed by atoms with van der Waals surface area (Å²) < 4.78 is 1.91. The van der Waals surface area contributed by atoms with Gasteiger partial charge in [-0.15, -0.1) is 0 Å². The molecule has 1 aliphatic heterocycles. The average Bonchev–Trinajstić information content (AvgIpc) is 3.02. The van der Waals surface area contributed by atoms with Crippen LogP contribution in [0.2, 0.25) is 0 Å². The lowest BCUT2D eigenvalue weighted by molar-refractivity contribution is -0.136. The number of para-hydroxylation sites is 2. The smallest absolute Gasteiger partial charge is 0.226 e. The predicted molar refractivity (Wildman–Crippen MR) is 95.6 cm³/mol. The zero-order valence-corrected chi connectivity index (χ0v) is 14.6.